The van der Waals surface area contributed by atoms with Crippen molar-refractivity contribution in [1.82, 2.24) is 10.3 Å². The number of aryl methyl sites for hydroxylation is 1. The van der Waals surface area contributed by atoms with Gasteiger partial charge in [-0.2, -0.15) is 0 Å². The lowest BCUT2D eigenvalue weighted by molar-refractivity contribution is 0.506. The first-order valence-electron chi connectivity index (χ1n) is 6.83. The third-order valence-electron chi connectivity index (χ3n) is 3.87. The molecular formula is C15H19ClN2. The van der Waals surface area contributed by atoms with E-state index in [1.54, 1.807) is 0 Å². The van der Waals surface area contributed by atoms with Gasteiger partial charge in [0.05, 0.1) is 10.5 Å². The standard InChI is InChI=1S/C15H19ClN2/c1-2-17-12-8-3-4-9-13-14(12)10-6-5-7-11(16)15(10)18-13/h5-7,12,17-18H,2-4,8-9H2,1H3. The van der Waals surface area contributed by atoms with E-state index in [4.69, 9.17) is 11.6 Å². The van der Waals surface area contributed by atoms with Crippen LogP contribution in [0.3, 0.4) is 0 Å². The van der Waals surface area contributed by atoms with Crippen LogP contribution in [0.2, 0.25) is 5.02 Å². The smallest absolute Gasteiger partial charge is 0.0648 e. The zero-order valence-electron chi connectivity index (χ0n) is 10.7. The molecule has 0 amide bonds. The minimum atomic E-state index is 0.472. The van der Waals surface area contributed by atoms with Crippen LogP contribution in [-0.2, 0) is 6.42 Å². The monoisotopic (exact) mass is 262 g/mol. The van der Waals surface area contributed by atoms with E-state index in [2.05, 4.69) is 23.3 Å². The Morgan fingerprint density at radius 2 is 2.28 bits per heavy atom. The number of H-pyrrole nitrogens is 1. The third kappa shape index (κ3) is 1.94. The molecule has 0 saturated carbocycles. The highest BCUT2D eigenvalue weighted by Crippen LogP contribution is 2.36. The number of nitrogens with one attached hydrogen (secondary N) is 2. The molecule has 0 fully saturated rings. The molecule has 1 atom stereocenters. The molecule has 2 aromatic rings. The fraction of sp³-hybridized carbons (Fsp3) is 0.467. The van der Waals surface area contributed by atoms with Gasteiger partial charge in [-0.15, -0.1) is 0 Å². The molecule has 18 heavy (non-hydrogen) atoms. The van der Waals surface area contributed by atoms with Gasteiger partial charge in [-0.3, -0.25) is 0 Å². The predicted octanol–water partition coefficient (Wildman–Crippen LogP) is 4.20. The summed E-state index contributed by atoms with van der Waals surface area (Å²) >= 11 is 6.29. The maximum atomic E-state index is 6.29. The minimum Gasteiger partial charge on any atom is -0.357 e. The number of aromatic amines is 1. The molecule has 0 radical (unpaired) electrons. The van der Waals surface area contributed by atoms with Crippen molar-refractivity contribution in [1.29, 1.82) is 0 Å². The van der Waals surface area contributed by atoms with Crippen molar-refractivity contribution in [3.8, 4) is 0 Å². The molecule has 96 valence electrons. The first-order chi connectivity index (χ1) is 8.81. The summed E-state index contributed by atoms with van der Waals surface area (Å²) in [6.07, 6.45) is 4.92. The van der Waals surface area contributed by atoms with Gasteiger partial charge in [0.15, 0.2) is 0 Å². The number of hydrogen-bond acceptors (Lipinski definition) is 1. The van der Waals surface area contributed by atoms with Gasteiger partial charge < -0.3 is 10.3 Å². The quantitative estimate of drug-likeness (QED) is 0.780. The van der Waals surface area contributed by atoms with E-state index < -0.39 is 0 Å². The average Bonchev–Trinajstić information content (AvgIpc) is 2.62. The molecule has 0 aliphatic heterocycles. The van der Waals surface area contributed by atoms with Crippen molar-refractivity contribution in [3.05, 3.63) is 34.5 Å². The Balaban J connectivity index is 2.19. The van der Waals surface area contributed by atoms with E-state index in [0.29, 0.717) is 6.04 Å². The molecule has 1 aromatic heterocycles. The van der Waals surface area contributed by atoms with Gasteiger partial charge in [0.2, 0.25) is 0 Å². The molecule has 1 aliphatic carbocycles. The molecule has 2 N–H and O–H groups in total. The van der Waals surface area contributed by atoms with Crippen LogP contribution in [-0.4, -0.2) is 11.5 Å². The van der Waals surface area contributed by atoms with E-state index in [0.717, 1.165) is 23.5 Å². The van der Waals surface area contributed by atoms with Crippen molar-refractivity contribution in [2.24, 2.45) is 0 Å². The van der Waals surface area contributed by atoms with Crippen LogP contribution in [0, 0.1) is 0 Å². The number of aromatic nitrogens is 1. The Hall–Kier alpha value is -0.990. The molecule has 0 spiro atoms. The summed E-state index contributed by atoms with van der Waals surface area (Å²) in [4.78, 5) is 3.54. The fourth-order valence-electron chi connectivity index (χ4n) is 3.10. The van der Waals surface area contributed by atoms with Gasteiger partial charge in [-0.05, 0) is 37.4 Å². The zero-order valence-corrected chi connectivity index (χ0v) is 11.5. The summed E-state index contributed by atoms with van der Waals surface area (Å²) in [7, 11) is 0. The predicted molar refractivity (Wildman–Crippen MR) is 77.3 cm³/mol. The van der Waals surface area contributed by atoms with Crippen molar-refractivity contribution in [2.75, 3.05) is 6.54 Å². The van der Waals surface area contributed by atoms with Crippen molar-refractivity contribution >= 4 is 22.5 Å². The van der Waals surface area contributed by atoms with Gasteiger partial charge in [0, 0.05) is 17.1 Å². The van der Waals surface area contributed by atoms with Crippen molar-refractivity contribution < 1.29 is 0 Å². The first kappa shape index (κ1) is 12.1. The van der Waals surface area contributed by atoms with Gasteiger partial charge in [-0.25, -0.2) is 0 Å². The maximum absolute atomic E-state index is 6.29. The summed E-state index contributed by atoms with van der Waals surface area (Å²) < 4.78 is 0. The number of para-hydroxylation sites is 1. The van der Waals surface area contributed by atoms with E-state index in [9.17, 15) is 0 Å². The molecule has 1 aliphatic rings. The number of halogens is 1. The minimum absolute atomic E-state index is 0.472. The molecule has 3 heteroatoms. The Labute approximate surface area is 113 Å². The molecule has 0 saturated heterocycles. The van der Waals surface area contributed by atoms with E-state index >= 15 is 0 Å². The van der Waals surface area contributed by atoms with Gasteiger partial charge in [-0.1, -0.05) is 37.1 Å². The number of hydrogen-bond donors (Lipinski definition) is 2. The molecule has 0 bridgehead atoms. The molecule has 3 rings (SSSR count). The Kier molecular flexibility index (Phi) is 3.31. The number of rotatable bonds is 2. The lowest BCUT2D eigenvalue weighted by Gasteiger charge is -2.16. The summed E-state index contributed by atoms with van der Waals surface area (Å²) in [6, 6.07) is 6.67. The Bertz CT molecular complexity index is 559. The summed E-state index contributed by atoms with van der Waals surface area (Å²) in [5.41, 5.74) is 3.93. The van der Waals surface area contributed by atoms with Crippen LogP contribution in [0.15, 0.2) is 18.2 Å². The second kappa shape index (κ2) is 4.94. The molecule has 1 heterocycles. The van der Waals surface area contributed by atoms with Crippen LogP contribution in [0.4, 0.5) is 0 Å². The maximum Gasteiger partial charge on any atom is 0.0648 e. The first-order valence-corrected chi connectivity index (χ1v) is 7.21. The van der Waals surface area contributed by atoms with Crippen LogP contribution >= 0.6 is 11.6 Å². The van der Waals surface area contributed by atoms with Gasteiger partial charge in [0.1, 0.15) is 0 Å². The SMILES string of the molecule is CCNC1CCCCc2[nH]c3c(Cl)cccc3c21. The molecule has 2 nitrogen and oxygen atoms in total. The lowest BCUT2D eigenvalue weighted by Crippen LogP contribution is -2.20. The van der Waals surface area contributed by atoms with Crippen LogP contribution in [0.25, 0.3) is 10.9 Å². The normalized spacial score (nSPS) is 19.8. The van der Waals surface area contributed by atoms with E-state index in [-0.39, 0.29) is 0 Å². The molecular weight excluding hydrogens is 244 g/mol. The van der Waals surface area contributed by atoms with Crippen molar-refractivity contribution in [2.45, 2.75) is 38.6 Å². The third-order valence-corrected chi connectivity index (χ3v) is 4.19. The van der Waals surface area contributed by atoms with Crippen LogP contribution < -0.4 is 5.32 Å². The Morgan fingerprint density at radius 3 is 3.11 bits per heavy atom. The second-order valence-corrected chi connectivity index (χ2v) is 5.44. The van der Waals surface area contributed by atoms with Crippen LogP contribution in [0.1, 0.15) is 43.5 Å². The van der Waals surface area contributed by atoms with Gasteiger partial charge in [0.25, 0.3) is 0 Å². The average molecular weight is 263 g/mol. The summed E-state index contributed by atoms with van der Waals surface area (Å²) in [5, 5.41) is 5.74. The zero-order chi connectivity index (χ0) is 12.5. The molecule has 1 unspecified atom stereocenters. The lowest BCUT2D eigenvalue weighted by atomic mass is 10.0. The Morgan fingerprint density at radius 1 is 1.39 bits per heavy atom. The molecule has 1 aromatic carbocycles. The van der Waals surface area contributed by atoms with Gasteiger partial charge >= 0.3 is 0 Å². The topological polar surface area (TPSA) is 27.8 Å². The largest absolute Gasteiger partial charge is 0.357 e. The summed E-state index contributed by atoms with van der Waals surface area (Å²) in [6.45, 7) is 3.18. The highest BCUT2D eigenvalue weighted by atomic mass is 35.5. The number of fused-ring (bicyclic) bond motifs is 3. The van der Waals surface area contributed by atoms with E-state index in [1.165, 1.54) is 35.9 Å². The summed E-state index contributed by atoms with van der Waals surface area (Å²) in [5.74, 6) is 0. The highest BCUT2D eigenvalue weighted by molar-refractivity contribution is 6.35. The number of benzene rings is 1. The second-order valence-electron chi connectivity index (χ2n) is 5.04. The van der Waals surface area contributed by atoms with Crippen LogP contribution in [0.5, 0.6) is 0 Å². The highest BCUT2D eigenvalue weighted by Gasteiger charge is 2.22. The van der Waals surface area contributed by atoms with Crippen molar-refractivity contribution in [3.63, 3.8) is 0 Å². The fourth-order valence-corrected chi connectivity index (χ4v) is 3.32. The van der Waals surface area contributed by atoms with E-state index in [1.807, 2.05) is 12.1 Å².